The largest absolute Gasteiger partial charge is 0.481 e. The summed E-state index contributed by atoms with van der Waals surface area (Å²) in [6, 6.07) is 2.13. The van der Waals surface area contributed by atoms with Crippen molar-refractivity contribution < 1.29 is 4.74 Å². The quantitative estimate of drug-likeness (QED) is 0.825. The van der Waals surface area contributed by atoms with Gasteiger partial charge in [0.05, 0.1) is 7.11 Å². The van der Waals surface area contributed by atoms with Crippen LogP contribution in [0.15, 0.2) is 6.07 Å². The molecule has 1 fully saturated rings. The van der Waals surface area contributed by atoms with Crippen LogP contribution >= 0.6 is 12.2 Å². The Morgan fingerprint density at radius 1 is 1.45 bits per heavy atom. The lowest BCUT2D eigenvalue weighted by atomic mass is 10.0. The van der Waals surface area contributed by atoms with Gasteiger partial charge in [0.25, 0.3) is 0 Å². The van der Waals surface area contributed by atoms with Gasteiger partial charge in [0.15, 0.2) is 5.11 Å². The van der Waals surface area contributed by atoms with Gasteiger partial charge in [0, 0.05) is 25.2 Å². The second-order valence-corrected chi connectivity index (χ2v) is 6.45. The molecule has 2 heterocycles. The first kappa shape index (κ1) is 16.7. The van der Waals surface area contributed by atoms with Crippen molar-refractivity contribution in [1.82, 2.24) is 15.3 Å². The summed E-state index contributed by atoms with van der Waals surface area (Å²) in [5.74, 6) is 2.56. The van der Waals surface area contributed by atoms with Crippen LogP contribution in [0.4, 0.5) is 11.8 Å². The van der Waals surface area contributed by atoms with Gasteiger partial charge in [-0.15, -0.1) is 0 Å². The summed E-state index contributed by atoms with van der Waals surface area (Å²) in [6.07, 6.45) is 2.45. The molecule has 0 spiro atoms. The van der Waals surface area contributed by atoms with Gasteiger partial charge >= 0.3 is 0 Å². The third-order valence-electron chi connectivity index (χ3n) is 3.52. The van der Waals surface area contributed by atoms with E-state index in [4.69, 9.17) is 17.0 Å². The molecule has 1 atom stereocenters. The van der Waals surface area contributed by atoms with Crippen molar-refractivity contribution in [3.05, 3.63) is 6.07 Å². The molecule has 1 aromatic heterocycles. The summed E-state index contributed by atoms with van der Waals surface area (Å²) < 4.78 is 5.29. The van der Waals surface area contributed by atoms with E-state index in [-0.39, 0.29) is 6.04 Å². The Hall–Kier alpha value is -1.63. The third-order valence-corrected chi connectivity index (χ3v) is 3.74. The number of hydrogen-bond donors (Lipinski definition) is 2. The van der Waals surface area contributed by atoms with Crippen LogP contribution in [0.25, 0.3) is 0 Å². The number of anilines is 2. The van der Waals surface area contributed by atoms with Crippen molar-refractivity contribution in [3.63, 3.8) is 0 Å². The number of nitrogens with one attached hydrogen (secondary N) is 2. The first-order chi connectivity index (χ1) is 10.5. The Labute approximate surface area is 137 Å². The number of ether oxygens (including phenoxy) is 1. The molecule has 2 N–H and O–H groups in total. The fraction of sp³-hybridized carbons (Fsp3) is 0.667. The van der Waals surface area contributed by atoms with Gasteiger partial charge in [-0.05, 0) is 44.8 Å². The fourth-order valence-corrected chi connectivity index (χ4v) is 2.86. The molecule has 0 radical (unpaired) electrons. The molecule has 0 aromatic carbocycles. The highest BCUT2D eigenvalue weighted by molar-refractivity contribution is 7.80. The van der Waals surface area contributed by atoms with Crippen molar-refractivity contribution in [2.45, 2.75) is 39.7 Å². The fourth-order valence-electron chi connectivity index (χ4n) is 2.53. The molecule has 0 unspecified atom stereocenters. The molecule has 22 heavy (non-hydrogen) atoms. The maximum absolute atomic E-state index is 5.29. The first-order valence-corrected chi connectivity index (χ1v) is 8.14. The Bertz CT molecular complexity index is 523. The molecule has 0 amide bonds. The lowest BCUT2D eigenvalue weighted by Crippen LogP contribution is -2.36. The number of nitrogens with zero attached hydrogens (tertiary/aromatic N) is 3. The molecule has 1 saturated heterocycles. The summed E-state index contributed by atoms with van der Waals surface area (Å²) in [7, 11) is 1.61. The van der Waals surface area contributed by atoms with Crippen LogP contribution in [0.5, 0.6) is 5.88 Å². The van der Waals surface area contributed by atoms with Crippen molar-refractivity contribution in [3.8, 4) is 5.88 Å². The van der Waals surface area contributed by atoms with Gasteiger partial charge in [0.2, 0.25) is 11.8 Å². The van der Waals surface area contributed by atoms with Gasteiger partial charge < -0.3 is 20.3 Å². The predicted molar refractivity (Wildman–Crippen MR) is 93.7 cm³/mol. The average Bonchev–Trinajstić information content (AvgIpc) is 2.45. The van der Waals surface area contributed by atoms with E-state index >= 15 is 0 Å². The van der Waals surface area contributed by atoms with Gasteiger partial charge in [-0.3, -0.25) is 0 Å². The molecule has 0 aliphatic carbocycles. The first-order valence-electron chi connectivity index (χ1n) is 7.73. The standard InChI is InChI=1S/C15H25N5OS/c1-10(2)16-15(22)19-14-17-12(8-13(18-14)21-4)20-7-5-6-11(3)9-20/h8,10-11H,5-7,9H2,1-4H3,(H2,16,17,18,19,22)/t11-/m0/s1. The summed E-state index contributed by atoms with van der Waals surface area (Å²) in [5, 5.41) is 6.67. The second kappa shape index (κ2) is 7.58. The van der Waals surface area contributed by atoms with Gasteiger partial charge in [0.1, 0.15) is 5.82 Å². The SMILES string of the molecule is COc1cc(N2CCC[C@H](C)C2)nc(NC(=S)NC(C)C)n1. The predicted octanol–water partition coefficient (Wildman–Crippen LogP) is 2.42. The molecule has 0 saturated carbocycles. The van der Waals surface area contributed by atoms with E-state index in [0.717, 1.165) is 18.9 Å². The maximum atomic E-state index is 5.29. The number of hydrogen-bond acceptors (Lipinski definition) is 5. The molecule has 122 valence electrons. The van der Waals surface area contributed by atoms with Crippen LogP contribution < -0.4 is 20.3 Å². The van der Waals surface area contributed by atoms with Crippen molar-refractivity contribution >= 4 is 29.1 Å². The van der Waals surface area contributed by atoms with Crippen LogP contribution in [0.3, 0.4) is 0 Å². The van der Waals surface area contributed by atoms with Gasteiger partial charge in [-0.25, -0.2) is 0 Å². The Balaban J connectivity index is 2.16. The summed E-state index contributed by atoms with van der Waals surface area (Å²) >= 11 is 5.25. The van der Waals surface area contributed by atoms with E-state index < -0.39 is 0 Å². The zero-order chi connectivity index (χ0) is 16.1. The number of methoxy groups -OCH3 is 1. The molecular formula is C15H25N5OS. The third kappa shape index (κ3) is 4.69. The molecule has 7 heteroatoms. The smallest absolute Gasteiger partial charge is 0.234 e. The number of thiocarbonyl (C=S) groups is 1. The van der Waals surface area contributed by atoms with Gasteiger partial charge in [-0.2, -0.15) is 9.97 Å². The highest BCUT2D eigenvalue weighted by Gasteiger charge is 2.19. The number of aromatic nitrogens is 2. The van der Waals surface area contributed by atoms with E-state index in [0.29, 0.717) is 22.9 Å². The highest BCUT2D eigenvalue weighted by Crippen LogP contribution is 2.24. The maximum Gasteiger partial charge on any atom is 0.234 e. The Kier molecular flexibility index (Phi) is 5.76. The Morgan fingerprint density at radius 2 is 2.23 bits per heavy atom. The lowest BCUT2D eigenvalue weighted by molar-refractivity contribution is 0.396. The average molecular weight is 323 g/mol. The summed E-state index contributed by atoms with van der Waals surface area (Å²) in [5.41, 5.74) is 0. The molecule has 6 nitrogen and oxygen atoms in total. The molecule has 0 bridgehead atoms. The van der Waals surface area contributed by atoms with Crippen LogP contribution in [0.2, 0.25) is 0 Å². The van der Waals surface area contributed by atoms with Gasteiger partial charge in [-0.1, -0.05) is 6.92 Å². The minimum absolute atomic E-state index is 0.257. The second-order valence-electron chi connectivity index (χ2n) is 6.04. The lowest BCUT2D eigenvalue weighted by Gasteiger charge is -2.32. The Morgan fingerprint density at radius 3 is 2.86 bits per heavy atom. The van der Waals surface area contributed by atoms with E-state index in [1.807, 2.05) is 19.9 Å². The van der Waals surface area contributed by atoms with E-state index in [1.54, 1.807) is 7.11 Å². The minimum atomic E-state index is 0.257. The molecule has 1 aromatic rings. The topological polar surface area (TPSA) is 62.3 Å². The van der Waals surface area contributed by atoms with Crippen molar-refractivity contribution in [1.29, 1.82) is 0 Å². The molecular weight excluding hydrogens is 298 g/mol. The normalized spacial score (nSPS) is 18.2. The summed E-state index contributed by atoms with van der Waals surface area (Å²) in [4.78, 5) is 11.2. The zero-order valence-electron chi connectivity index (χ0n) is 13.7. The minimum Gasteiger partial charge on any atom is -0.481 e. The van der Waals surface area contributed by atoms with E-state index in [9.17, 15) is 0 Å². The zero-order valence-corrected chi connectivity index (χ0v) is 14.5. The molecule has 1 aliphatic heterocycles. The van der Waals surface area contributed by atoms with E-state index in [1.165, 1.54) is 12.8 Å². The van der Waals surface area contributed by atoms with Crippen molar-refractivity contribution in [2.75, 3.05) is 30.4 Å². The highest BCUT2D eigenvalue weighted by atomic mass is 32.1. The summed E-state index contributed by atoms with van der Waals surface area (Å²) in [6.45, 7) is 8.35. The van der Waals surface area contributed by atoms with E-state index in [2.05, 4.69) is 32.4 Å². The van der Waals surface area contributed by atoms with Crippen LogP contribution in [0, 0.1) is 5.92 Å². The van der Waals surface area contributed by atoms with Crippen LogP contribution in [-0.4, -0.2) is 41.3 Å². The molecule has 2 rings (SSSR count). The van der Waals surface area contributed by atoms with Crippen molar-refractivity contribution in [2.24, 2.45) is 5.92 Å². The number of rotatable bonds is 4. The molecule has 1 aliphatic rings. The number of piperidine rings is 1. The van der Waals surface area contributed by atoms with Crippen LogP contribution in [0.1, 0.15) is 33.6 Å². The monoisotopic (exact) mass is 323 g/mol. The van der Waals surface area contributed by atoms with Crippen LogP contribution in [-0.2, 0) is 0 Å².